The van der Waals surface area contributed by atoms with Gasteiger partial charge in [-0.3, -0.25) is 9.59 Å². The predicted octanol–water partition coefficient (Wildman–Crippen LogP) is 3.69. The lowest BCUT2D eigenvalue weighted by Gasteiger charge is -2.04. The van der Waals surface area contributed by atoms with E-state index in [1.54, 1.807) is 5.38 Å². The second-order valence-electron chi connectivity index (χ2n) is 6.06. The average Bonchev–Trinajstić information content (AvgIpc) is 3.16. The summed E-state index contributed by atoms with van der Waals surface area (Å²) in [6.07, 6.45) is 1.81. The molecule has 2 amide bonds. The van der Waals surface area contributed by atoms with E-state index in [1.807, 2.05) is 60.7 Å². The highest BCUT2D eigenvalue weighted by atomic mass is 32.1. The molecule has 0 aliphatic heterocycles. The van der Waals surface area contributed by atoms with Gasteiger partial charge in [-0.2, -0.15) is 0 Å². The van der Waals surface area contributed by atoms with E-state index >= 15 is 0 Å². The molecule has 2 aromatic carbocycles. The highest BCUT2D eigenvalue weighted by Gasteiger charge is 2.12. The fourth-order valence-electron chi connectivity index (χ4n) is 2.58. The van der Waals surface area contributed by atoms with E-state index in [-0.39, 0.29) is 11.8 Å². The van der Waals surface area contributed by atoms with Crippen molar-refractivity contribution < 1.29 is 9.59 Å². The van der Waals surface area contributed by atoms with E-state index in [0.717, 1.165) is 12.0 Å². The maximum Gasteiger partial charge on any atom is 0.270 e. The topological polar surface area (TPSA) is 71.1 Å². The number of benzene rings is 2. The van der Waals surface area contributed by atoms with Crippen molar-refractivity contribution in [3.05, 3.63) is 82.9 Å². The molecule has 0 saturated heterocycles. The van der Waals surface area contributed by atoms with Crippen LogP contribution in [0.25, 0.3) is 0 Å². The number of amides is 2. The summed E-state index contributed by atoms with van der Waals surface area (Å²) in [5.41, 5.74) is 2.61. The first kappa shape index (κ1) is 18.8. The third-order valence-electron chi connectivity index (χ3n) is 4.01. The number of hydrogen-bond donors (Lipinski definition) is 2. The van der Waals surface area contributed by atoms with Gasteiger partial charge in [-0.05, 0) is 24.0 Å². The monoisotopic (exact) mass is 379 g/mol. The summed E-state index contributed by atoms with van der Waals surface area (Å²) in [5, 5.41) is 7.71. The zero-order valence-electron chi connectivity index (χ0n) is 14.9. The fraction of sp³-hybridized carbons (Fsp3) is 0.190. The molecule has 0 aliphatic carbocycles. The number of nitrogens with one attached hydrogen (secondary N) is 2. The van der Waals surface area contributed by atoms with Crippen molar-refractivity contribution in [1.29, 1.82) is 0 Å². The van der Waals surface area contributed by atoms with Crippen LogP contribution in [0.5, 0.6) is 0 Å². The second kappa shape index (κ2) is 9.64. The summed E-state index contributed by atoms with van der Waals surface area (Å²) in [6.45, 7) is 0.541. The zero-order chi connectivity index (χ0) is 18.9. The number of aromatic nitrogens is 1. The number of carbonyl (C=O) groups excluding carboxylic acids is 2. The Kier molecular flexibility index (Phi) is 6.71. The van der Waals surface area contributed by atoms with Gasteiger partial charge in [0.1, 0.15) is 5.69 Å². The second-order valence-corrected chi connectivity index (χ2v) is 6.92. The standard InChI is InChI=1S/C21H21N3O2S/c25-19(12-11-16-7-3-1-4-8-16)24-21-23-18(15-27-21)20(26)22-14-13-17-9-5-2-6-10-17/h1-10,15H,11-14H2,(H,22,26)(H,23,24,25). The Labute approximate surface area is 162 Å². The molecule has 138 valence electrons. The molecular weight excluding hydrogens is 358 g/mol. The van der Waals surface area contributed by atoms with Gasteiger partial charge in [0, 0.05) is 18.3 Å². The molecule has 27 heavy (non-hydrogen) atoms. The number of aryl methyl sites for hydroxylation is 1. The molecule has 0 aliphatic rings. The molecule has 0 saturated carbocycles. The Morgan fingerprint density at radius 3 is 2.19 bits per heavy atom. The maximum absolute atomic E-state index is 12.2. The van der Waals surface area contributed by atoms with Crippen LogP contribution in [-0.2, 0) is 17.6 Å². The van der Waals surface area contributed by atoms with Gasteiger partial charge in [-0.25, -0.2) is 4.98 Å². The Hall–Kier alpha value is -2.99. The first-order valence-corrected chi connectivity index (χ1v) is 9.70. The van der Waals surface area contributed by atoms with E-state index in [9.17, 15) is 9.59 Å². The highest BCUT2D eigenvalue weighted by Crippen LogP contribution is 2.16. The van der Waals surface area contributed by atoms with Crippen molar-refractivity contribution in [3.8, 4) is 0 Å². The maximum atomic E-state index is 12.2. The largest absolute Gasteiger partial charge is 0.350 e. The predicted molar refractivity (Wildman–Crippen MR) is 108 cm³/mol. The minimum absolute atomic E-state index is 0.107. The zero-order valence-corrected chi connectivity index (χ0v) is 15.7. The van der Waals surface area contributed by atoms with Gasteiger partial charge in [0.25, 0.3) is 5.91 Å². The molecule has 0 bridgehead atoms. The molecule has 0 radical (unpaired) electrons. The molecule has 1 heterocycles. The number of hydrogen-bond acceptors (Lipinski definition) is 4. The van der Waals surface area contributed by atoms with Crippen LogP contribution in [0.4, 0.5) is 5.13 Å². The third kappa shape index (κ3) is 6.04. The lowest BCUT2D eigenvalue weighted by molar-refractivity contribution is -0.116. The molecule has 0 unspecified atom stereocenters. The van der Waals surface area contributed by atoms with Crippen molar-refractivity contribution in [3.63, 3.8) is 0 Å². The van der Waals surface area contributed by atoms with E-state index < -0.39 is 0 Å². The number of carbonyl (C=O) groups is 2. The summed E-state index contributed by atoms with van der Waals surface area (Å²) in [7, 11) is 0. The Morgan fingerprint density at radius 1 is 0.889 bits per heavy atom. The van der Waals surface area contributed by atoms with Crippen LogP contribution in [0, 0.1) is 0 Å². The van der Waals surface area contributed by atoms with Crippen LogP contribution in [-0.4, -0.2) is 23.3 Å². The Morgan fingerprint density at radius 2 is 1.52 bits per heavy atom. The van der Waals surface area contributed by atoms with Crippen LogP contribution in [0.1, 0.15) is 28.0 Å². The van der Waals surface area contributed by atoms with Crippen molar-refractivity contribution >= 4 is 28.3 Å². The Balaban J connectivity index is 1.43. The third-order valence-corrected chi connectivity index (χ3v) is 4.77. The van der Waals surface area contributed by atoms with Crippen LogP contribution < -0.4 is 10.6 Å². The molecule has 5 nitrogen and oxygen atoms in total. The summed E-state index contributed by atoms with van der Waals surface area (Å²) in [4.78, 5) is 28.4. The van der Waals surface area contributed by atoms with Gasteiger partial charge >= 0.3 is 0 Å². The molecule has 3 aromatic rings. The van der Waals surface area contributed by atoms with E-state index in [1.165, 1.54) is 16.9 Å². The highest BCUT2D eigenvalue weighted by molar-refractivity contribution is 7.14. The molecule has 0 atom stereocenters. The minimum Gasteiger partial charge on any atom is -0.350 e. The van der Waals surface area contributed by atoms with Crippen LogP contribution in [0.2, 0.25) is 0 Å². The van der Waals surface area contributed by atoms with Crippen molar-refractivity contribution in [2.75, 3.05) is 11.9 Å². The van der Waals surface area contributed by atoms with E-state index in [2.05, 4.69) is 15.6 Å². The van der Waals surface area contributed by atoms with Crippen LogP contribution in [0.15, 0.2) is 66.0 Å². The molecular formula is C21H21N3O2S. The fourth-order valence-corrected chi connectivity index (χ4v) is 3.28. The first-order valence-electron chi connectivity index (χ1n) is 8.82. The lowest BCUT2D eigenvalue weighted by atomic mass is 10.1. The normalized spacial score (nSPS) is 10.4. The number of thiazole rings is 1. The van der Waals surface area contributed by atoms with Gasteiger partial charge < -0.3 is 10.6 Å². The number of anilines is 1. The van der Waals surface area contributed by atoms with Crippen molar-refractivity contribution in [2.24, 2.45) is 0 Å². The van der Waals surface area contributed by atoms with Crippen molar-refractivity contribution in [2.45, 2.75) is 19.3 Å². The quantitative estimate of drug-likeness (QED) is 0.627. The van der Waals surface area contributed by atoms with Gasteiger partial charge in [0.05, 0.1) is 0 Å². The number of rotatable bonds is 8. The summed E-state index contributed by atoms with van der Waals surface area (Å²) in [5.74, 6) is -0.337. The molecule has 0 fully saturated rings. The SMILES string of the molecule is O=C(CCc1ccccc1)Nc1nc(C(=O)NCCc2ccccc2)cs1. The summed E-state index contributed by atoms with van der Waals surface area (Å²) < 4.78 is 0. The van der Waals surface area contributed by atoms with E-state index in [4.69, 9.17) is 0 Å². The summed E-state index contributed by atoms with van der Waals surface area (Å²) >= 11 is 1.25. The van der Waals surface area contributed by atoms with E-state index in [0.29, 0.717) is 30.2 Å². The average molecular weight is 379 g/mol. The lowest BCUT2D eigenvalue weighted by Crippen LogP contribution is -2.26. The van der Waals surface area contributed by atoms with Gasteiger partial charge in [-0.1, -0.05) is 60.7 Å². The van der Waals surface area contributed by atoms with Crippen molar-refractivity contribution in [1.82, 2.24) is 10.3 Å². The Bertz CT molecular complexity index is 879. The number of nitrogens with zero attached hydrogens (tertiary/aromatic N) is 1. The smallest absolute Gasteiger partial charge is 0.270 e. The van der Waals surface area contributed by atoms with Gasteiger partial charge in [0.2, 0.25) is 5.91 Å². The minimum atomic E-state index is -0.230. The summed E-state index contributed by atoms with van der Waals surface area (Å²) in [6, 6.07) is 19.8. The molecule has 2 N–H and O–H groups in total. The molecule has 6 heteroatoms. The molecule has 1 aromatic heterocycles. The van der Waals surface area contributed by atoms with Crippen LogP contribution >= 0.6 is 11.3 Å². The van der Waals surface area contributed by atoms with Gasteiger partial charge in [-0.15, -0.1) is 11.3 Å². The molecule has 0 spiro atoms. The van der Waals surface area contributed by atoms with Crippen LogP contribution in [0.3, 0.4) is 0 Å². The van der Waals surface area contributed by atoms with Gasteiger partial charge in [0.15, 0.2) is 5.13 Å². The molecule has 3 rings (SSSR count). The first-order chi connectivity index (χ1) is 13.2.